The first-order valence-electron chi connectivity index (χ1n) is 5.48. The Kier molecular flexibility index (Phi) is 3.47. The first-order chi connectivity index (χ1) is 8.60. The molecule has 1 aromatic carbocycles. The Morgan fingerprint density at radius 1 is 1.56 bits per heavy atom. The van der Waals surface area contributed by atoms with Crippen molar-refractivity contribution in [3.05, 3.63) is 34.3 Å². The zero-order valence-corrected chi connectivity index (χ0v) is 9.80. The van der Waals surface area contributed by atoms with Crippen LogP contribution in [-0.2, 0) is 9.53 Å². The summed E-state index contributed by atoms with van der Waals surface area (Å²) in [5.74, 6) is -0.908. The molecule has 0 fully saturated rings. The third-order valence-corrected chi connectivity index (χ3v) is 2.68. The van der Waals surface area contributed by atoms with Gasteiger partial charge in [0.25, 0.3) is 0 Å². The molecule has 6 heteroatoms. The number of aromatic nitrogens is 1. The lowest BCUT2D eigenvalue weighted by atomic mass is 10.0. The van der Waals surface area contributed by atoms with Crippen LogP contribution >= 0.6 is 0 Å². The summed E-state index contributed by atoms with van der Waals surface area (Å²) >= 11 is 0. The third kappa shape index (κ3) is 2.60. The zero-order valence-electron chi connectivity index (χ0n) is 9.80. The van der Waals surface area contributed by atoms with Gasteiger partial charge < -0.3 is 14.3 Å². The van der Waals surface area contributed by atoms with E-state index < -0.39 is 11.9 Å². The number of methoxy groups -OCH3 is 1. The van der Waals surface area contributed by atoms with Gasteiger partial charge in [0.15, 0.2) is 5.58 Å². The molecular formula is C12H13NO5. The van der Waals surface area contributed by atoms with Gasteiger partial charge >= 0.3 is 11.7 Å². The minimum atomic E-state index is -0.797. The average molecular weight is 251 g/mol. The molecule has 1 heterocycles. The molecule has 1 unspecified atom stereocenters. The van der Waals surface area contributed by atoms with Crippen LogP contribution in [0.4, 0.5) is 0 Å². The van der Waals surface area contributed by atoms with Gasteiger partial charge in [0, 0.05) is 6.42 Å². The molecule has 0 aliphatic rings. The number of nitrogens with one attached hydrogen (secondary N) is 1. The molecule has 96 valence electrons. The maximum atomic E-state index is 11.0. The molecule has 0 aliphatic heterocycles. The van der Waals surface area contributed by atoms with E-state index in [1.54, 1.807) is 18.2 Å². The Morgan fingerprint density at radius 2 is 2.33 bits per heavy atom. The normalized spacial score (nSPS) is 12.6. The van der Waals surface area contributed by atoms with Crippen molar-refractivity contribution in [1.82, 2.24) is 4.98 Å². The number of carbonyl (C=O) groups is 1. The summed E-state index contributed by atoms with van der Waals surface area (Å²) in [6.07, 6.45) is -0.409. The number of hydrogen-bond donors (Lipinski definition) is 2. The van der Waals surface area contributed by atoms with Crippen LogP contribution in [0.2, 0.25) is 0 Å². The highest BCUT2D eigenvalue weighted by atomic mass is 16.5. The Labute approximate surface area is 102 Å². The molecule has 0 saturated carbocycles. The van der Waals surface area contributed by atoms with E-state index in [-0.39, 0.29) is 18.8 Å². The Morgan fingerprint density at radius 3 is 3.06 bits per heavy atom. The average Bonchev–Trinajstić information content (AvgIpc) is 2.74. The summed E-state index contributed by atoms with van der Waals surface area (Å²) < 4.78 is 9.39. The van der Waals surface area contributed by atoms with E-state index in [1.807, 2.05) is 0 Å². The number of carbonyl (C=O) groups excluding carboxylic acids is 1. The van der Waals surface area contributed by atoms with Crippen LogP contribution in [0.15, 0.2) is 27.4 Å². The topological polar surface area (TPSA) is 92.5 Å². The third-order valence-electron chi connectivity index (χ3n) is 2.68. The van der Waals surface area contributed by atoms with E-state index in [1.165, 1.54) is 7.11 Å². The van der Waals surface area contributed by atoms with E-state index in [0.29, 0.717) is 16.7 Å². The molecule has 2 aromatic rings. The highest BCUT2D eigenvalue weighted by molar-refractivity contribution is 5.73. The van der Waals surface area contributed by atoms with Gasteiger partial charge in [-0.15, -0.1) is 0 Å². The van der Waals surface area contributed by atoms with Gasteiger partial charge in [-0.2, -0.15) is 0 Å². The molecule has 1 aromatic heterocycles. The number of benzene rings is 1. The fraction of sp³-hybridized carbons (Fsp3) is 0.333. The number of rotatable bonds is 4. The second-order valence-corrected chi connectivity index (χ2v) is 3.90. The van der Waals surface area contributed by atoms with Crippen LogP contribution in [0, 0.1) is 0 Å². The zero-order chi connectivity index (χ0) is 13.1. The predicted octanol–water partition coefficient (Wildman–Crippen LogP) is 1.11. The first-order valence-corrected chi connectivity index (χ1v) is 5.48. The summed E-state index contributed by atoms with van der Waals surface area (Å²) in [5, 5.41) is 9.89. The summed E-state index contributed by atoms with van der Waals surface area (Å²) in [7, 11) is 1.30. The van der Waals surface area contributed by atoms with E-state index in [4.69, 9.17) is 4.42 Å². The van der Waals surface area contributed by atoms with Crippen LogP contribution in [-0.4, -0.2) is 23.2 Å². The van der Waals surface area contributed by atoms with Crippen molar-refractivity contribution in [1.29, 1.82) is 0 Å². The Hall–Kier alpha value is -2.08. The van der Waals surface area contributed by atoms with Gasteiger partial charge in [-0.1, -0.05) is 6.07 Å². The fourth-order valence-corrected chi connectivity index (χ4v) is 1.69. The summed E-state index contributed by atoms with van der Waals surface area (Å²) in [5.41, 5.74) is 1.55. The number of fused-ring (bicyclic) bond motifs is 1. The maximum Gasteiger partial charge on any atom is 0.417 e. The van der Waals surface area contributed by atoms with Gasteiger partial charge in [0.2, 0.25) is 0 Å². The van der Waals surface area contributed by atoms with Gasteiger partial charge in [-0.05, 0) is 24.1 Å². The molecule has 0 radical (unpaired) electrons. The molecule has 0 bridgehead atoms. The van der Waals surface area contributed by atoms with Crippen molar-refractivity contribution < 1.29 is 19.1 Å². The molecule has 0 saturated heterocycles. The number of aromatic amines is 1. The van der Waals surface area contributed by atoms with Gasteiger partial charge in [-0.25, -0.2) is 4.79 Å². The lowest BCUT2D eigenvalue weighted by molar-refractivity contribution is -0.141. The number of hydrogen-bond acceptors (Lipinski definition) is 5. The number of ether oxygens (including phenoxy) is 1. The summed E-state index contributed by atoms with van der Waals surface area (Å²) in [4.78, 5) is 24.4. The van der Waals surface area contributed by atoms with E-state index in [0.717, 1.165) is 0 Å². The minimum absolute atomic E-state index is 0.132. The molecule has 2 N–H and O–H groups in total. The van der Waals surface area contributed by atoms with Crippen molar-refractivity contribution in [2.24, 2.45) is 0 Å². The maximum absolute atomic E-state index is 11.0. The lowest BCUT2D eigenvalue weighted by Gasteiger charge is -2.09. The lowest BCUT2D eigenvalue weighted by Crippen LogP contribution is -2.04. The molecular weight excluding hydrogens is 238 g/mol. The highest BCUT2D eigenvalue weighted by Gasteiger charge is 2.12. The Balaban J connectivity index is 2.14. The summed E-state index contributed by atoms with van der Waals surface area (Å²) in [6, 6.07) is 4.90. The molecule has 1 atom stereocenters. The van der Waals surface area contributed by atoms with E-state index in [2.05, 4.69) is 9.72 Å². The Bertz CT molecular complexity index is 612. The van der Waals surface area contributed by atoms with E-state index >= 15 is 0 Å². The molecule has 0 aliphatic carbocycles. The van der Waals surface area contributed by atoms with E-state index in [9.17, 15) is 14.7 Å². The monoisotopic (exact) mass is 251 g/mol. The molecule has 2 rings (SSSR count). The van der Waals surface area contributed by atoms with Crippen molar-refractivity contribution in [3.63, 3.8) is 0 Å². The second kappa shape index (κ2) is 5.05. The van der Waals surface area contributed by atoms with Crippen LogP contribution in [0.3, 0.4) is 0 Å². The number of oxazole rings is 1. The summed E-state index contributed by atoms with van der Waals surface area (Å²) in [6.45, 7) is 0. The quantitative estimate of drug-likeness (QED) is 0.794. The van der Waals surface area contributed by atoms with Gasteiger partial charge in [0.05, 0.1) is 18.7 Å². The van der Waals surface area contributed by atoms with Gasteiger partial charge in [0.1, 0.15) is 0 Å². The molecule has 0 spiro atoms. The second-order valence-electron chi connectivity index (χ2n) is 3.90. The van der Waals surface area contributed by atoms with Crippen molar-refractivity contribution in [3.8, 4) is 0 Å². The van der Waals surface area contributed by atoms with Crippen molar-refractivity contribution in [2.75, 3.05) is 7.11 Å². The molecule has 6 nitrogen and oxygen atoms in total. The van der Waals surface area contributed by atoms with Crippen LogP contribution < -0.4 is 5.76 Å². The fourth-order valence-electron chi connectivity index (χ4n) is 1.69. The van der Waals surface area contributed by atoms with Crippen LogP contribution in [0.5, 0.6) is 0 Å². The number of esters is 1. The highest BCUT2D eigenvalue weighted by Crippen LogP contribution is 2.22. The number of H-pyrrole nitrogens is 1. The SMILES string of the molecule is COC(=O)CCC(O)c1ccc2[nH]c(=O)oc2c1. The number of aliphatic hydroxyl groups excluding tert-OH is 1. The largest absolute Gasteiger partial charge is 0.469 e. The standard InChI is InChI=1S/C12H13NO5/c1-17-11(15)5-4-9(14)7-2-3-8-10(6-7)18-12(16)13-8/h2-3,6,9,14H,4-5H2,1H3,(H,13,16). The van der Waals surface area contributed by atoms with Crippen LogP contribution in [0.1, 0.15) is 24.5 Å². The molecule has 0 amide bonds. The minimum Gasteiger partial charge on any atom is -0.469 e. The van der Waals surface area contributed by atoms with Gasteiger partial charge in [-0.3, -0.25) is 9.78 Å². The van der Waals surface area contributed by atoms with Crippen LogP contribution in [0.25, 0.3) is 11.1 Å². The smallest absolute Gasteiger partial charge is 0.417 e. The van der Waals surface area contributed by atoms with Crippen molar-refractivity contribution in [2.45, 2.75) is 18.9 Å². The predicted molar refractivity (Wildman–Crippen MR) is 63.0 cm³/mol. The molecule has 18 heavy (non-hydrogen) atoms. The first kappa shape index (κ1) is 12.4. The number of aliphatic hydroxyl groups is 1. The van der Waals surface area contributed by atoms with Crippen molar-refractivity contribution >= 4 is 17.1 Å².